The third kappa shape index (κ3) is 2.97. The zero-order chi connectivity index (χ0) is 19.8. The molecule has 0 saturated heterocycles. The molecule has 0 fully saturated rings. The number of benzene rings is 2. The summed E-state index contributed by atoms with van der Waals surface area (Å²) in [5, 5.41) is 3.83. The van der Waals surface area contributed by atoms with E-state index in [-0.39, 0.29) is 11.5 Å². The molecule has 2 aromatic heterocycles. The fraction of sp³-hybridized carbons (Fsp3) is 0.227. The van der Waals surface area contributed by atoms with Crippen molar-refractivity contribution in [2.24, 2.45) is 0 Å². The molecule has 1 N–H and O–H groups in total. The van der Waals surface area contributed by atoms with Crippen molar-refractivity contribution < 1.29 is 4.79 Å². The van der Waals surface area contributed by atoms with E-state index in [2.05, 4.69) is 17.2 Å². The lowest BCUT2D eigenvalue weighted by molar-refractivity contribution is -0.119. The Kier molecular flexibility index (Phi) is 4.47. The van der Waals surface area contributed by atoms with Gasteiger partial charge in [0.15, 0.2) is 5.65 Å². The summed E-state index contributed by atoms with van der Waals surface area (Å²) in [5.74, 6) is -0.134. The summed E-state index contributed by atoms with van der Waals surface area (Å²) in [7, 11) is 0. The Hall–Kier alpha value is -3.41. The zero-order valence-electron chi connectivity index (χ0n) is 16.1. The highest BCUT2D eigenvalue weighted by Crippen LogP contribution is 2.25. The summed E-state index contributed by atoms with van der Waals surface area (Å²) in [6.45, 7) is 5.79. The van der Waals surface area contributed by atoms with Gasteiger partial charge in [-0.1, -0.05) is 31.2 Å². The molecule has 0 unspecified atom stereocenters. The summed E-state index contributed by atoms with van der Waals surface area (Å²) < 4.78 is 3.73. The van der Waals surface area contributed by atoms with Crippen LogP contribution in [0.1, 0.15) is 31.1 Å². The number of aryl methyl sites for hydroxylation is 2. The molecule has 4 rings (SSSR count). The van der Waals surface area contributed by atoms with Crippen molar-refractivity contribution in [3.63, 3.8) is 0 Å². The molecular weight excluding hydrogens is 352 g/mol. The van der Waals surface area contributed by atoms with Gasteiger partial charge in [-0.25, -0.2) is 4.52 Å². The van der Waals surface area contributed by atoms with Gasteiger partial charge in [0.05, 0.1) is 5.52 Å². The van der Waals surface area contributed by atoms with E-state index in [1.54, 1.807) is 0 Å². The average Bonchev–Trinajstić information content (AvgIpc) is 3.02. The van der Waals surface area contributed by atoms with Gasteiger partial charge in [0.1, 0.15) is 6.04 Å². The molecule has 0 spiro atoms. The Balaban J connectivity index is 1.80. The number of para-hydroxylation sites is 1. The monoisotopic (exact) mass is 374 g/mol. The molecule has 28 heavy (non-hydrogen) atoms. The van der Waals surface area contributed by atoms with Crippen LogP contribution in [0.5, 0.6) is 0 Å². The fourth-order valence-corrected chi connectivity index (χ4v) is 3.57. The SMILES string of the molecule is CCc1ccc(NC(=O)[C@H](C)n2c3ccccc3c3nc(=O)cc(C)n32)cc1. The molecule has 142 valence electrons. The summed E-state index contributed by atoms with van der Waals surface area (Å²) in [4.78, 5) is 29.1. The molecular formula is C22H22N4O2. The minimum atomic E-state index is -0.503. The minimum absolute atomic E-state index is 0.134. The molecule has 0 aliphatic carbocycles. The second-order valence-corrected chi connectivity index (χ2v) is 6.95. The Morgan fingerprint density at radius 3 is 2.57 bits per heavy atom. The highest BCUT2D eigenvalue weighted by molar-refractivity contribution is 5.97. The van der Waals surface area contributed by atoms with Crippen molar-refractivity contribution in [2.45, 2.75) is 33.2 Å². The summed E-state index contributed by atoms with van der Waals surface area (Å²) in [6, 6.07) is 16.5. The summed E-state index contributed by atoms with van der Waals surface area (Å²) in [5.41, 5.74) is 3.85. The standard InChI is InChI=1S/C22H22N4O2/c1-4-16-9-11-17(12-10-16)23-22(28)15(3)26-19-8-6-5-7-18(19)21-24-20(27)13-14(2)25(21)26/h5-13,15H,4H2,1-3H3,(H,23,28)/t15-/m0/s1. The maximum absolute atomic E-state index is 13.0. The lowest BCUT2D eigenvalue weighted by atomic mass is 10.1. The Morgan fingerprint density at radius 2 is 1.86 bits per heavy atom. The van der Waals surface area contributed by atoms with Crippen LogP contribution in [0.3, 0.4) is 0 Å². The quantitative estimate of drug-likeness (QED) is 0.592. The molecule has 0 aliphatic heterocycles. The number of hydrogen-bond donors (Lipinski definition) is 1. The number of anilines is 1. The summed E-state index contributed by atoms with van der Waals surface area (Å²) in [6.07, 6.45) is 0.955. The molecule has 0 radical (unpaired) electrons. The first-order valence-electron chi connectivity index (χ1n) is 9.39. The van der Waals surface area contributed by atoms with Crippen LogP contribution in [0.2, 0.25) is 0 Å². The van der Waals surface area contributed by atoms with Gasteiger partial charge in [0.2, 0.25) is 5.91 Å². The van der Waals surface area contributed by atoms with Crippen LogP contribution < -0.4 is 10.9 Å². The Labute approximate surface area is 162 Å². The maximum atomic E-state index is 13.0. The van der Waals surface area contributed by atoms with E-state index in [4.69, 9.17) is 0 Å². The number of carbonyl (C=O) groups excluding carboxylic acids is 1. The van der Waals surface area contributed by atoms with Crippen LogP contribution in [-0.4, -0.2) is 20.1 Å². The minimum Gasteiger partial charge on any atom is -0.324 e. The van der Waals surface area contributed by atoms with Gasteiger partial charge in [-0.05, 0) is 50.1 Å². The number of aromatic nitrogens is 3. The molecule has 2 heterocycles. The van der Waals surface area contributed by atoms with Crippen molar-refractivity contribution >= 4 is 28.1 Å². The molecule has 4 aromatic rings. The second kappa shape index (κ2) is 6.96. The van der Waals surface area contributed by atoms with Gasteiger partial charge < -0.3 is 5.32 Å². The molecule has 6 heteroatoms. The third-order valence-corrected chi connectivity index (χ3v) is 5.07. The second-order valence-electron chi connectivity index (χ2n) is 6.95. The molecule has 2 aromatic carbocycles. The van der Waals surface area contributed by atoms with Crippen molar-refractivity contribution in [1.29, 1.82) is 0 Å². The number of amides is 1. The van der Waals surface area contributed by atoms with Crippen LogP contribution in [0, 0.1) is 6.92 Å². The van der Waals surface area contributed by atoms with Gasteiger partial charge in [-0.2, -0.15) is 4.98 Å². The van der Waals surface area contributed by atoms with Gasteiger partial charge in [-0.15, -0.1) is 0 Å². The first-order chi connectivity index (χ1) is 13.5. The maximum Gasteiger partial charge on any atom is 0.273 e. The van der Waals surface area contributed by atoms with Crippen LogP contribution in [0.25, 0.3) is 16.6 Å². The normalized spacial score (nSPS) is 12.4. The molecule has 0 bridgehead atoms. The van der Waals surface area contributed by atoms with Gasteiger partial charge in [0.25, 0.3) is 5.56 Å². The molecule has 1 atom stereocenters. The highest BCUT2D eigenvalue weighted by atomic mass is 16.2. The van der Waals surface area contributed by atoms with Gasteiger partial charge in [0, 0.05) is 22.8 Å². The van der Waals surface area contributed by atoms with Crippen molar-refractivity contribution in [1.82, 2.24) is 14.2 Å². The Morgan fingerprint density at radius 1 is 1.14 bits per heavy atom. The predicted octanol–water partition coefficient (Wildman–Crippen LogP) is 3.72. The molecule has 0 aliphatic rings. The highest BCUT2D eigenvalue weighted by Gasteiger charge is 2.22. The van der Waals surface area contributed by atoms with Crippen LogP contribution in [0.15, 0.2) is 59.4 Å². The van der Waals surface area contributed by atoms with E-state index in [1.165, 1.54) is 11.6 Å². The number of hydrogen-bond acceptors (Lipinski definition) is 3. The molecule has 0 saturated carbocycles. The number of carbonyl (C=O) groups is 1. The van der Waals surface area contributed by atoms with E-state index in [9.17, 15) is 9.59 Å². The number of nitrogens with one attached hydrogen (secondary N) is 1. The zero-order valence-corrected chi connectivity index (χ0v) is 16.1. The summed E-state index contributed by atoms with van der Waals surface area (Å²) >= 11 is 0. The van der Waals surface area contributed by atoms with E-state index in [1.807, 2.05) is 71.6 Å². The fourth-order valence-electron chi connectivity index (χ4n) is 3.57. The van der Waals surface area contributed by atoms with Gasteiger partial charge in [-0.3, -0.25) is 14.3 Å². The lowest BCUT2D eigenvalue weighted by Crippen LogP contribution is -2.27. The number of fused-ring (bicyclic) bond motifs is 3. The Bertz CT molecular complexity index is 1240. The first kappa shape index (κ1) is 18.0. The average molecular weight is 374 g/mol. The largest absolute Gasteiger partial charge is 0.324 e. The topological polar surface area (TPSA) is 68.4 Å². The van der Waals surface area contributed by atoms with Crippen molar-refractivity contribution in [2.75, 3.05) is 5.32 Å². The van der Waals surface area contributed by atoms with E-state index < -0.39 is 6.04 Å². The van der Waals surface area contributed by atoms with Crippen molar-refractivity contribution in [3.05, 3.63) is 76.2 Å². The van der Waals surface area contributed by atoms with Crippen LogP contribution >= 0.6 is 0 Å². The van der Waals surface area contributed by atoms with E-state index in [0.717, 1.165) is 28.7 Å². The van der Waals surface area contributed by atoms with Crippen LogP contribution in [0.4, 0.5) is 5.69 Å². The lowest BCUT2D eigenvalue weighted by Gasteiger charge is -2.18. The smallest absolute Gasteiger partial charge is 0.273 e. The molecule has 6 nitrogen and oxygen atoms in total. The van der Waals surface area contributed by atoms with E-state index in [0.29, 0.717) is 5.65 Å². The van der Waals surface area contributed by atoms with Gasteiger partial charge >= 0.3 is 0 Å². The third-order valence-electron chi connectivity index (χ3n) is 5.07. The first-order valence-corrected chi connectivity index (χ1v) is 9.39. The van der Waals surface area contributed by atoms with Crippen LogP contribution in [-0.2, 0) is 11.2 Å². The number of rotatable bonds is 4. The predicted molar refractivity (Wildman–Crippen MR) is 111 cm³/mol. The van der Waals surface area contributed by atoms with E-state index >= 15 is 0 Å². The number of nitrogens with zero attached hydrogens (tertiary/aromatic N) is 3. The van der Waals surface area contributed by atoms with Crippen molar-refractivity contribution in [3.8, 4) is 0 Å². The molecule has 1 amide bonds.